The summed E-state index contributed by atoms with van der Waals surface area (Å²) in [5, 5.41) is 21.5. The number of phenolic OH excluding ortho intramolecular Hbond substituents is 1. The van der Waals surface area contributed by atoms with E-state index in [-0.39, 0.29) is 19.0 Å². The van der Waals surface area contributed by atoms with E-state index in [9.17, 15) is 10.2 Å². The smallest absolute Gasteiger partial charge is 0.167 e. The molecule has 258 valence electrons. The second kappa shape index (κ2) is 19.3. The fraction of sp³-hybridized carbons (Fsp3) is 0.488. The van der Waals surface area contributed by atoms with Crippen molar-refractivity contribution in [2.45, 2.75) is 111 Å². The van der Waals surface area contributed by atoms with Crippen LogP contribution in [0.3, 0.4) is 0 Å². The average Bonchev–Trinajstić information content (AvgIpc) is 3.05. The van der Waals surface area contributed by atoms with Gasteiger partial charge in [-0.05, 0) is 57.4 Å². The van der Waals surface area contributed by atoms with Crippen LogP contribution in [0.1, 0.15) is 99.8 Å². The zero-order valence-corrected chi connectivity index (χ0v) is 29.7. The maximum atomic E-state index is 11.1. The average molecular weight is 654 g/mol. The van der Waals surface area contributed by atoms with Gasteiger partial charge in [0, 0.05) is 23.8 Å². The van der Waals surface area contributed by atoms with Gasteiger partial charge in [-0.25, -0.2) is 15.0 Å². The zero-order valence-electron chi connectivity index (χ0n) is 29.7. The first-order chi connectivity index (χ1) is 23.2. The van der Waals surface area contributed by atoms with Crippen molar-refractivity contribution in [1.29, 1.82) is 0 Å². The van der Waals surface area contributed by atoms with Crippen molar-refractivity contribution >= 4 is 0 Å². The summed E-state index contributed by atoms with van der Waals surface area (Å²) in [6.45, 7) is 11.4. The minimum absolute atomic E-state index is 0.0147. The van der Waals surface area contributed by atoms with Crippen LogP contribution in [-0.2, 0) is 4.74 Å². The van der Waals surface area contributed by atoms with Crippen molar-refractivity contribution in [3.8, 4) is 45.7 Å². The van der Waals surface area contributed by atoms with E-state index in [1.165, 1.54) is 63.9 Å². The van der Waals surface area contributed by atoms with Gasteiger partial charge in [0.2, 0.25) is 0 Å². The highest BCUT2D eigenvalue weighted by atomic mass is 16.5. The van der Waals surface area contributed by atoms with Crippen LogP contribution in [0, 0.1) is 27.7 Å². The summed E-state index contributed by atoms with van der Waals surface area (Å²) in [4.78, 5) is 14.5. The Labute approximate surface area is 287 Å². The van der Waals surface area contributed by atoms with Crippen LogP contribution in [0.15, 0.2) is 54.6 Å². The van der Waals surface area contributed by atoms with E-state index in [2.05, 4.69) is 32.9 Å². The number of benzene rings is 3. The van der Waals surface area contributed by atoms with E-state index in [0.29, 0.717) is 35.4 Å². The number of aliphatic hydroxyl groups is 1. The molecule has 0 radical (unpaired) electrons. The molecule has 0 saturated carbocycles. The largest absolute Gasteiger partial charge is 0.507 e. The first kappa shape index (κ1) is 37.0. The highest BCUT2D eigenvalue weighted by molar-refractivity contribution is 5.72. The Bertz CT molecular complexity index is 1520. The highest BCUT2D eigenvalue weighted by Crippen LogP contribution is 2.34. The van der Waals surface area contributed by atoms with Gasteiger partial charge >= 0.3 is 0 Å². The molecule has 1 aromatic heterocycles. The number of phenols is 1. The van der Waals surface area contributed by atoms with Crippen molar-refractivity contribution in [2.24, 2.45) is 0 Å². The van der Waals surface area contributed by atoms with Crippen LogP contribution < -0.4 is 4.74 Å². The van der Waals surface area contributed by atoms with Crippen LogP contribution in [0.25, 0.3) is 34.2 Å². The van der Waals surface area contributed by atoms with Crippen molar-refractivity contribution in [2.75, 3.05) is 19.8 Å². The second-order valence-electron chi connectivity index (χ2n) is 13.2. The lowest BCUT2D eigenvalue weighted by Crippen LogP contribution is -2.23. The summed E-state index contributed by atoms with van der Waals surface area (Å²) in [5.41, 5.74) is 6.74. The molecular formula is C41H55N3O4. The minimum Gasteiger partial charge on any atom is -0.507 e. The number of aromatic nitrogens is 3. The Kier molecular flexibility index (Phi) is 14.8. The Morgan fingerprint density at radius 3 is 1.56 bits per heavy atom. The number of hydrogen-bond acceptors (Lipinski definition) is 7. The number of ether oxygens (including phenoxy) is 2. The van der Waals surface area contributed by atoms with Crippen LogP contribution in [0.4, 0.5) is 0 Å². The lowest BCUT2D eigenvalue weighted by Gasteiger charge is -2.14. The third kappa shape index (κ3) is 11.4. The molecule has 0 spiro atoms. The number of rotatable bonds is 20. The molecule has 0 amide bonds. The lowest BCUT2D eigenvalue weighted by molar-refractivity contribution is 0.0109. The van der Waals surface area contributed by atoms with Gasteiger partial charge in [0.25, 0.3) is 0 Å². The Balaban J connectivity index is 1.31. The summed E-state index contributed by atoms with van der Waals surface area (Å²) in [6.07, 6.45) is 13.4. The van der Waals surface area contributed by atoms with Gasteiger partial charge in [-0.2, -0.15) is 0 Å². The van der Waals surface area contributed by atoms with E-state index >= 15 is 0 Å². The van der Waals surface area contributed by atoms with Gasteiger partial charge in [-0.15, -0.1) is 0 Å². The third-order valence-electron chi connectivity index (χ3n) is 8.74. The first-order valence-electron chi connectivity index (χ1n) is 17.9. The molecule has 0 fully saturated rings. The summed E-state index contributed by atoms with van der Waals surface area (Å²) < 4.78 is 11.5. The summed E-state index contributed by atoms with van der Waals surface area (Å²) in [5.74, 6) is 1.89. The Morgan fingerprint density at radius 2 is 1.06 bits per heavy atom. The van der Waals surface area contributed by atoms with E-state index in [4.69, 9.17) is 24.4 Å². The molecule has 0 aliphatic carbocycles. The second-order valence-corrected chi connectivity index (χ2v) is 13.2. The normalized spacial score (nSPS) is 12.0. The molecular weight excluding hydrogens is 598 g/mol. The maximum Gasteiger partial charge on any atom is 0.167 e. The van der Waals surface area contributed by atoms with E-state index in [0.717, 1.165) is 46.2 Å². The topological polar surface area (TPSA) is 97.6 Å². The maximum absolute atomic E-state index is 11.1. The van der Waals surface area contributed by atoms with Crippen LogP contribution in [0.5, 0.6) is 11.5 Å². The van der Waals surface area contributed by atoms with Crippen molar-refractivity contribution < 1.29 is 19.7 Å². The van der Waals surface area contributed by atoms with Gasteiger partial charge in [-0.3, -0.25) is 0 Å². The fourth-order valence-corrected chi connectivity index (χ4v) is 5.98. The van der Waals surface area contributed by atoms with Crippen molar-refractivity contribution in [3.63, 3.8) is 0 Å². The SMILES string of the molecule is CCCCCCCCCCCCCOC[C@@H](O)COc1ccc(-c2nc(-c3ccc(C)cc3C)nc(-c3ccc(C)cc3C)n2)c(O)c1. The monoisotopic (exact) mass is 653 g/mol. The standard InChI is InChI=1S/C41H55N3O4/c1-6-7-8-9-10-11-12-13-14-15-16-23-47-27-33(45)28-48-34-19-22-37(38(46)26-34)41-43-39(35-20-17-29(2)24-31(35)4)42-40(44-41)36-21-18-30(3)25-32(36)5/h17-22,24-26,33,45-46H,6-16,23,27-28H2,1-5H3/t33-/m1/s1. The molecule has 0 bridgehead atoms. The molecule has 4 aromatic rings. The van der Waals surface area contributed by atoms with Gasteiger partial charge in [0.05, 0.1) is 12.2 Å². The zero-order chi connectivity index (χ0) is 34.3. The molecule has 0 aliphatic heterocycles. The van der Waals surface area contributed by atoms with Crippen molar-refractivity contribution in [3.05, 3.63) is 76.9 Å². The number of unbranched alkanes of at least 4 members (excludes halogenated alkanes) is 10. The van der Waals surface area contributed by atoms with Crippen LogP contribution in [-0.4, -0.2) is 51.1 Å². The molecule has 2 N–H and O–H groups in total. The highest BCUT2D eigenvalue weighted by Gasteiger charge is 2.18. The molecule has 7 heteroatoms. The molecule has 0 unspecified atom stereocenters. The molecule has 3 aromatic carbocycles. The Morgan fingerprint density at radius 1 is 0.583 bits per heavy atom. The fourth-order valence-electron chi connectivity index (χ4n) is 5.98. The summed E-state index contributed by atoms with van der Waals surface area (Å²) in [6, 6.07) is 17.4. The van der Waals surface area contributed by atoms with Gasteiger partial charge in [-0.1, -0.05) is 119 Å². The van der Waals surface area contributed by atoms with Crippen molar-refractivity contribution in [1.82, 2.24) is 15.0 Å². The quantitative estimate of drug-likeness (QED) is 0.0916. The lowest BCUT2D eigenvalue weighted by atomic mass is 10.0. The molecule has 0 saturated heterocycles. The Hall–Kier alpha value is -3.81. The molecule has 48 heavy (non-hydrogen) atoms. The molecule has 4 rings (SSSR count). The van der Waals surface area contributed by atoms with E-state index in [1.807, 2.05) is 38.1 Å². The minimum atomic E-state index is -0.760. The predicted octanol–water partition coefficient (Wildman–Crippen LogP) is 9.88. The van der Waals surface area contributed by atoms with Gasteiger partial charge < -0.3 is 19.7 Å². The van der Waals surface area contributed by atoms with Crippen LogP contribution >= 0.6 is 0 Å². The summed E-state index contributed by atoms with van der Waals surface area (Å²) >= 11 is 0. The number of aliphatic hydroxyl groups excluding tert-OH is 1. The van der Waals surface area contributed by atoms with Gasteiger partial charge in [0.15, 0.2) is 17.5 Å². The molecule has 7 nitrogen and oxygen atoms in total. The van der Waals surface area contributed by atoms with E-state index in [1.54, 1.807) is 12.1 Å². The van der Waals surface area contributed by atoms with Gasteiger partial charge in [0.1, 0.15) is 24.2 Å². The summed E-state index contributed by atoms with van der Waals surface area (Å²) in [7, 11) is 0. The molecule has 1 heterocycles. The number of hydrogen-bond donors (Lipinski definition) is 2. The third-order valence-corrected chi connectivity index (χ3v) is 8.74. The first-order valence-corrected chi connectivity index (χ1v) is 17.9. The number of aryl methyl sites for hydroxylation is 4. The molecule has 0 aliphatic rings. The van der Waals surface area contributed by atoms with Crippen LogP contribution in [0.2, 0.25) is 0 Å². The predicted molar refractivity (Wildman–Crippen MR) is 196 cm³/mol. The molecule has 1 atom stereocenters. The van der Waals surface area contributed by atoms with E-state index < -0.39 is 6.10 Å². The number of aromatic hydroxyl groups is 1. The number of nitrogens with zero attached hydrogens (tertiary/aromatic N) is 3.